The molecule has 3 rings (SSSR count). The van der Waals surface area contributed by atoms with Crippen LogP contribution >= 0.6 is 0 Å². The fourth-order valence-corrected chi connectivity index (χ4v) is 4.83. The smallest absolute Gasteiger partial charge is 0.243 e. The summed E-state index contributed by atoms with van der Waals surface area (Å²) in [6.45, 7) is 5.90. The number of sulfonamides is 1. The zero-order valence-electron chi connectivity index (χ0n) is 14.4. The first kappa shape index (κ1) is 17.1. The maximum atomic E-state index is 13.2. The van der Waals surface area contributed by atoms with Crippen molar-refractivity contribution < 1.29 is 8.42 Å². The Hall–Kier alpha value is -1.69. The molecule has 2 aromatic rings. The van der Waals surface area contributed by atoms with Crippen molar-refractivity contribution in [1.82, 2.24) is 9.21 Å². The van der Waals surface area contributed by atoms with Gasteiger partial charge in [0.2, 0.25) is 10.0 Å². The minimum atomic E-state index is -3.52. The van der Waals surface area contributed by atoms with E-state index in [2.05, 4.69) is 4.90 Å². The van der Waals surface area contributed by atoms with Gasteiger partial charge in [-0.15, -0.1) is 0 Å². The van der Waals surface area contributed by atoms with Crippen LogP contribution in [0.2, 0.25) is 0 Å². The lowest BCUT2D eigenvalue weighted by Crippen LogP contribution is -2.49. The van der Waals surface area contributed by atoms with E-state index in [4.69, 9.17) is 0 Å². The summed E-state index contributed by atoms with van der Waals surface area (Å²) in [5.41, 5.74) is 3.14. The SMILES string of the molecule is Cc1ccc(S(=O)(=O)N2CCN(C)CC2c2ccccc2)cc1C. The summed E-state index contributed by atoms with van der Waals surface area (Å²) in [6.07, 6.45) is 0. The van der Waals surface area contributed by atoms with E-state index in [1.807, 2.05) is 57.3 Å². The lowest BCUT2D eigenvalue weighted by Gasteiger charge is -2.39. The molecule has 1 heterocycles. The Morgan fingerprint density at radius 1 is 0.958 bits per heavy atom. The molecule has 1 atom stereocenters. The van der Waals surface area contributed by atoms with Crippen molar-refractivity contribution in [1.29, 1.82) is 0 Å². The third kappa shape index (κ3) is 3.24. The molecule has 128 valence electrons. The second-order valence-electron chi connectivity index (χ2n) is 6.55. The molecule has 0 radical (unpaired) electrons. The zero-order valence-corrected chi connectivity index (χ0v) is 15.3. The molecule has 1 unspecified atom stereocenters. The van der Waals surface area contributed by atoms with Crippen LogP contribution < -0.4 is 0 Å². The number of benzene rings is 2. The maximum Gasteiger partial charge on any atom is 0.243 e. The summed E-state index contributed by atoms with van der Waals surface area (Å²) < 4.78 is 28.2. The van der Waals surface area contributed by atoms with E-state index in [1.54, 1.807) is 16.4 Å². The van der Waals surface area contributed by atoms with Crippen LogP contribution in [0, 0.1) is 13.8 Å². The molecular formula is C19H24N2O2S. The Morgan fingerprint density at radius 2 is 1.67 bits per heavy atom. The summed E-state index contributed by atoms with van der Waals surface area (Å²) in [5, 5.41) is 0. The van der Waals surface area contributed by atoms with E-state index in [0.717, 1.165) is 23.2 Å². The molecule has 24 heavy (non-hydrogen) atoms. The number of hydrogen-bond acceptors (Lipinski definition) is 3. The maximum absolute atomic E-state index is 13.2. The molecule has 0 saturated carbocycles. The first-order valence-corrected chi connectivity index (χ1v) is 9.66. The molecule has 1 fully saturated rings. The van der Waals surface area contributed by atoms with Crippen LogP contribution in [0.4, 0.5) is 0 Å². The van der Waals surface area contributed by atoms with Gasteiger partial charge in [0.25, 0.3) is 0 Å². The first-order chi connectivity index (χ1) is 11.4. The largest absolute Gasteiger partial charge is 0.303 e. The predicted octanol–water partition coefficient (Wildman–Crippen LogP) is 2.98. The molecule has 1 saturated heterocycles. The van der Waals surface area contributed by atoms with Crippen LogP contribution in [-0.2, 0) is 10.0 Å². The van der Waals surface area contributed by atoms with Crippen LogP contribution in [0.25, 0.3) is 0 Å². The lowest BCUT2D eigenvalue weighted by molar-refractivity contribution is 0.160. The van der Waals surface area contributed by atoms with Crippen molar-refractivity contribution in [3.63, 3.8) is 0 Å². The van der Waals surface area contributed by atoms with Gasteiger partial charge in [-0.3, -0.25) is 0 Å². The Kier molecular flexibility index (Phi) is 4.76. The highest BCUT2D eigenvalue weighted by Crippen LogP contribution is 2.31. The fourth-order valence-electron chi connectivity index (χ4n) is 3.15. The quantitative estimate of drug-likeness (QED) is 0.859. The predicted molar refractivity (Wildman–Crippen MR) is 96.5 cm³/mol. The molecular weight excluding hydrogens is 320 g/mol. The van der Waals surface area contributed by atoms with Crippen LogP contribution in [0.1, 0.15) is 22.7 Å². The number of piperazine rings is 1. The van der Waals surface area contributed by atoms with Gasteiger partial charge in [-0.1, -0.05) is 36.4 Å². The summed E-state index contributed by atoms with van der Waals surface area (Å²) in [4.78, 5) is 2.57. The van der Waals surface area contributed by atoms with Crippen molar-refractivity contribution in [2.75, 3.05) is 26.7 Å². The number of nitrogens with zero attached hydrogens (tertiary/aromatic N) is 2. The third-order valence-electron chi connectivity index (χ3n) is 4.80. The molecule has 0 aliphatic carbocycles. The summed E-state index contributed by atoms with van der Waals surface area (Å²) in [6, 6.07) is 15.1. The average Bonchev–Trinajstić information content (AvgIpc) is 2.57. The molecule has 0 N–H and O–H groups in total. The van der Waals surface area contributed by atoms with Crippen LogP contribution in [-0.4, -0.2) is 44.3 Å². The molecule has 0 bridgehead atoms. The highest BCUT2D eigenvalue weighted by Gasteiger charge is 2.36. The third-order valence-corrected chi connectivity index (χ3v) is 6.71. The normalized spacial score (nSPS) is 20.2. The summed E-state index contributed by atoms with van der Waals surface area (Å²) >= 11 is 0. The van der Waals surface area contributed by atoms with Gasteiger partial charge in [0, 0.05) is 19.6 Å². The van der Waals surface area contributed by atoms with Crippen molar-refractivity contribution in [3.05, 3.63) is 65.2 Å². The molecule has 4 nitrogen and oxygen atoms in total. The van der Waals surface area contributed by atoms with Crippen LogP contribution in [0.3, 0.4) is 0 Å². The number of hydrogen-bond donors (Lipinski definition) is 0. The van der Waals surface area contributed by atoms with Crippen molar-refractivity contribution in [2.24, 2.45) is 0 Å². The van der Waals surface area contributed by atoms with Crippen molar-refractivity contribution in [2.45, 2.75) is 24.8 Å². The first-order valence-electron chi connectivity index (χ1n) is 8.22. The topological polar surface area (TPSA) is 40.6 Å². The van der Waals surface area contributed by atoms with E-state index in [-0.39, 0.29) is 6.04 Å². The molecule has 2 aromatic carbocycles. The van der Waals surface area contributed by atoms with Crippen LogP contribution in [0.15, 0.2) is 53.4 Å². The van der Waals surface area contributed by atoms with E-state index in [1.165, 1.54) is 0 Å². The van der Waals surface area contributed by atoms with Crippen molar-refractivity contribution in [3.8, 4) is 0 Å². The van der Waals surface area contributed by atoms with E-state index in [9.17, 15) is 8.42 Å². The lowest BCUT2D eigenvalue weighted by atomic mass is 10.1. The standard InChI is InChI=1S/C19H24N2O2S/c1-15-9-10-18(13-16(15)2)24(22,23)21-12-11-20(3)14-19(21)17-7-5-4-6-8-17/h4-10,13,19H,11-12,14H2,1-3H3. The van der Waals surface area contributed by atoms with Crippen molar-refractivity contribution >= 4 is 10.0 Å². The van der Waals surface area contributed by atoms with E-state index >= 15 is 0 Å². The number of likely N-dealkylation sites (N-methyl/N-ethyl adjacent to an activating group) is 1. The Labute approximate surface area is 144 Å². The Bertz CT molecular complexity index is 819. The van der Waals surface area contributed by atoms with Gasteiger partial charge in [-0.05, 0) is 49.7 Å². The average molecular weight is 344 g/mol. The number of aryl methyl sites for hydroxylation is 2. The van der Waals surface area contributed by atoms with E-state index < -0.39 is 10.0 Å². The van der Waals surface area contributed by atoms with Gasteiger partial charge in [0.05, 0.1) is 10.9 Å². The molecule has 5 heteroatoms. The number of rotatable bonds is 3. The second-order valence-corrected chi connectivity index (χ2v) is 8.44. The molecule has 1 aliphatic heterocycles. The van der Waals surface area contributed by atoms with Gasteiger partial charge in [0.15, 0.2) is 0 Å². The minimum absolute atomic E-state index is 0.156. The summed E-state index contributed by atoms with van der Waals surface area (Å²) in [7, 11) is -1.48. The fraction of sp³-hybridized carbons (Fsp3) is 0.368. The second kappa shape index (κ2) is 6.67. The van der Waals surface area contributed by atoms with Gasteiger partial charge in [0.1, 0.15) is 0 Å². The molecule has 0 amide bonds. The zero-order chi connectivity index (χ0) is 17.3. The van der Waals surface area contributed by atoms with Gasteiger partial charge in [-0.25, -0.2) is 8.42 Å². The molecule has 0 aromatic heterocycles. The van der Waals surface area contributed by atoms with Gasteiger partial charge < -0.3 is 4.90 Å². The Balaban J connectivity index is 2.02. The highest BCUT2D eigenvalue weighted by atomic mass is 32.2. The minimum Gasteiger partial charge on any atom is -0.303 e. The van der Waals surface area contributed by atoms with E-state index in [0.29, 0.717) is 18.0 Å². The van der Waals surface area contributed by atoms with Crippen LogP contribution in [0.5, 0.6) is 0 Å². The Morgan fingerprint density at radius 3 is 2.33 bits per heavy atom. The van der Waals surface area contributed by atoms with Gasteiger partial charge >= 0.3 is 0 Å². The molecule has 0 spiro atoms. The van der Waals surface area contributed by atoms with Gasteiger partial charge in [-0.2, -0.15) is 4.31 Å². The molecule has 1 aliphatic rings. The highest BCUT2D eigenvalue weighted by molar-refractivity contribution is 7.89. The summed E-state index contributed by atoms with van der Waals surface area (Å²) in [5.74, 6) is 0. The monoisotopic (exact) mass is 344 g/mol.